The van der Waals surface area contributed by atoms with Crippen LogP contribution in [0.2, 0.25) is 0 Å². The van der Waals surface area contributed by atoms with Gasteiger partial charge in [-0.05, 0) is 38.0 Å². The quantitative estimate of drug-likeness (QED) is 0.920. The van der Waals surface area contributed by atoms with Gasteiger partial charge in [0.1, 0.15) is 11.6 Å². The van der Waals surface area contributed by atoms with Crippen molar-refractivity contribution in [3.8, 4) is 0 Å². The molecule has 0 aliphatic carbocycles. The summed E-state index contributed by atoms with van der Waals surface area (Å²) in [5.41, 5.74) is 1.33. The van der Waals surface area contributed by atoms with Crippen LogP contribution in [0.4, 0.5) is 10.2 Å². The standard InChI is InChI=1S/C16H18FN3O3S/c1-10-3-4-12(8-14(10)17)16(21)18-15-7-11(2)19-20(15)13-5-6-24(22,23)9-13/h3-4,7-8,13H,5-6,9H2,1-2H3,(H,18,21)/t13-/m1/s1. The molecule has 2 heterocycles. The van der Waals surface area contributed by atoms with Crippen molar-refractivity contribution in [2.45, 2.75) is 26.3 Å². The SMILES string of the molecule is Cc1cc(NC(=O)c2ccc(C)c(F)c2)n([C@@H]2CCS(=O)(=O)C2)n1. The second-order valence-corrected chi connectivity index (χ2v) is 8.32. The zero-order chi connectivity index (χ0) is 17.5. The maximum absolute atomic E-state index is 13.6. The smallest absolute Gasteiger partial charge is 0.256 e. The van der Waals surface area contributed by atoms with E-state index in [1.165, 1.54) is 12.1 Å². The molecule has 0 unspecified atom stereocenters. The Morgan fingerprint density at radius 3 is 2.71 bits per heavy atom. The molecule has 0 bridgehead atoms. The topological polar surface area (TPSA) is 81.1 Å². The molecule has 24 heavy (non-hydrogen) atoms. The van der Waals surface area contributed by atoms with E-state index in [0.717, 1.165) is 0 Å². The van der Waals surface area contributed by atoms with Crippen molar-refractivity contribution < 1.29 is 17.6 Å². The van der Waals surface area contributed by atoms with Crippen LogP contribution in [0.3, 0.4) is 0 Å². The van der Waals surface area contributed by atoms with Gasteiger partial charge < -0.3 is 5.32 Å². The summed E-state index contributed by atoms with van der Waals surface area (Å²) in [7, 11) is -3.07. The van der Waals surface area contributed by atoms with Gasteiger partial charge in [0.25, 0.3) is 5.91 Å². The lowest BCUT2D eigenvalue weighted by atomic mass is 10.1. The fraction of sp³-hybridized carbons (Fsp3) is 0.375. The molecule has 0 radical (unpaired) electrons. The van der Waals surface area contributed by atoms with Crippen LogP contribution in [-0.2, 0) is 9.84 Å². The summed E-state index contributed by atoms with van der Waals surface area (Å²) in [6.07, 6.45) is 0.464. The highest BCUT2D eigenvalue weighted by molar-refractivity contribution is 7.91. The number of nitrogens with one attached hydrogen (secondary N) is 1. The number of benzene rings is 1. The van der Waals surface area contributed by atoms with E-state index in [1.807, 2.05) is 0 Å². The van der Waals surface area contributed by atoms with E-state index in [9.17, 15) is 17.6 Å². The van der Waals surface area contributed by atoms with Gasteiger partial charge in [-0.3, -0.25) is 4.79 Å². The molecule has 1 amide bonds. The van der Waals surface area contributed by atoms with Gasteiger partial charge in [-0.15, -0.1) is 0 Å². The van der Waals surface area contributed by atoms with Crippen molar-refractivity contribution in [3.63, 3.8) is 0 Å². The van der Waals surface area contributed by atoms with E-state index >= 15 is 0 Å². The Hall–Kier alpha value is -2.22. The fourth-order valence-corrected chi connectivity index (χ4v) is 4.47. The van der Waals surface area contributed by atoms with Crippen LogP contribution in [0.1, 0.15) is 34.1 Å². The van der Waals surface area contributed by atoms with Crippen LogP contribution in [0.5, 0.6) is 0 Å². The van der Waals surface area contributed by atoms with E-state index < -0.39 is 21.6 Å². The van der Waals surface area contributed by atoms with Crippen LogP contribution in [0, 0.1) is 19.7 Å². The zero-order valence-corrected chi connectivity index (χ0v) is 14.2. The molecule has 1 aliphatic rings. The second-order valence-electron chi connectivity index (χ2n) is 6.09. The molecule has 1 fully saturated rings. The van der Waals surface area contributed by atoms with E-state index in [2.05, 4.69) is 10.4 Å². The fourth-order valence-electron chi connectivity index (χ4n) is 2.78. The zero-order valence-electron chi connectivity index (χ0n) is 13.4. The molecule has 0 saturated carbocycles. The van der Waals surface area contributed by atoms with Crippen molar-refractivity contribution in [1.82, 2.24) is 9.78 Å². The molecule has 1 aromatic carbocycles. The largest absolute Gasteiger partial charge is 0.307 e. The van der Waals surface area contributed by atoms with Crippen molar-refractivity contribution >= 4 is 21.6 Å². The third-order valence-corrected chi connectivity index (χ3v) is 5.84. The number of carbonyl (C=O) groups excluding carboxylic acids is 1. The van der Waals surface area contributed by atoms with Crippen molar-refractivity contribution in [3.05, 3.63) is 46.9 Å². The summed E-state index contributed by atoms with van der Waals surface area (Å²) in [6, 6.07) is 5.64. The molecule has 8 heteroatoms. The Balaban J connectivity index is 1.85. The molecule has 1 aliphatic heterocycles. The first-order chi connectivity index (χ1) is 11.2. The lowest BCUT2D eigenvalue weighted by Crippen LogP contribution is -2.19. The summed E-state index contributed by atoms with van der Waals surface area (Å²) in [5, 5.41) is 7.00. The van der Waals surface area contributed by atoms with Crippen molar-refractivity contribution in [2.75, 3.05) is 16.8 Å². The number of sulfone groups is 1. The Kier molecular flexibility index (Phi) is 4.16. The first-order valence-corrected chi connectivity index (χ1v) is 9.41. The number of anilines is 1. The minimum Gasteiger partial charge on any atom is -0.307 e. The van der Waals surface area contributed by atoms with Crippen molar-refractivity contribution in [2.24, 2.45) is 0 Å². The minimum absolute atomic E-state index is 0.0101. The number of amides is 1. The Morgan fingerprint density at radius 2 is 2.08 bits per heavy atom. The lowest BCUT2D eigenvalue weighted by molar-refractivity contribution is 0.102. The first kappa shape index (κ1) is 16.6. The van der Waals surface area contributed by atoms with Crippen LogP contribution in [0.15, 0.2) is 24.3 Å². The van der Waals surface area contributed by atoms with E-state index in [4.69, 9.17) is 0 Å². The average molecular weight is 351 g/mol. The average Bonchev–Trinajstić information content (AvgIpc) is 3.04. The summed E-state index contributed by atoms with van der Waals surface area (Å²) in [5.74, 6) is -0.366. The molecule has 1 saturated heterocycles. The molecule has 6 nitrogen and oxygen atoms in total. The number of nitrogens with zero attached hydrogens (tertiary/aromatic N) is 2. The molecular weight excluding hydrogens is 333 g/mol. The minimum atomic E-state index is -3.07. The monoisotopic (exact) mass is 351 g/mol. The Labute approximate surface area is 139 Å². The van der Waals surface area contributed by atoms with E-state index in [0.29, 0.717) is 23.5 Å². The number of aromatic nitrogens is 2. The highest BCUT2D eigenvalue weighted by Gasteiger charge is 2.31. The molecular formula is C16H18FN3O3S. The normalized spacial score (nSPS) is 19.4. The number of hydrogen-bond donors (Lipinski definition) is 1. The highest BCUT2D eigenvalue weighted by Crippen LogP contribution is 2.27. The van der Waals surface area contributed by atoms with E-state index in [1.54, 1.807) is 30.7 Å². The number of hydrogen-bond acceptors (Lipinski definition) is 4. The first-order valence-electron chi connectivity index (χ1n) is 7.59. The highest BCUT2D eigenvalue weighted by atomic mass is 32.2. The third-order valence-electron chi connectivity index (χ3n) is 4.09. The number of aryl methyl sites for hydroxylation is 2. The van der Waals surface area contributed by atoms with Crippen molar-refractivity contribution in [1.29, 1.82) is 0 Å². The van der Waals surface area contributed by atoms with Gasteiger partial charge in [0.2, 0.25) is 0 Å². The van der Waals surface area contributed by atoms with Crippen LogP contribution in [0.25, 0.3) is 0 Å². The van der Waals surface area contributed by atoms with Gasteiger partial charge in [0.05, 0.1) is 23.2 Å². The number of rotatable bonds is 3. The van der Waals surface area contributed by atoms with Gasteiger partial charge in [-0.25, -0.2) is 17.5 Å². The Bertz CT molecular complexity index is 905. The molecule has 1 aromatic heterocycles. The number of carbonyl (C=O) groups is 1. The van der Waals surface area contributed by atoms with Gasteiger partial charge in [0.15, 0.2) is 9.84 Å². The molecule has 128 valence electrons. The van der Waals surface area contributed by atoms with Crippen LogP contribution in [-0.4, -0.2) is 35.6 Å². The van der Waals surface area contributed by atoms with Gasteiger partial charge in [-0.2, -0.15) is 5.10 Å². The molecule has 1 atom stereocenters. The van der Waals surface area contributed by atoms with Gasteiger partial charge in [-0.1, -0.05) is 6.07 Å². The predicted molar refractivity (Wildman–Crippen MR) is 88.4 cm³/mol. The second kappa shape index (κ2) is 6.01. The predicted octanol–water partition coefficient (Wildman–Crippen LogP) is 2.25. The summed E-state index contributed by atoms with van der Waals surface area (Å²) in [6.45, 7) is 3.39. The molecule has 1 N–H and O–H groups in total. The van der Waals surface area contributed by atoms with Gasteiger partial charge in [0, 0.05) is 11.6 Å². The molecule has 2 aromatic rings. The maximum Gasteiger partial charge on any atom is 0.256 e. The third kappa shape index (κ3) is 3.33. The summed E-state index contributed by atoms with van der Waals surface area (Å²) >= 11 is 0. The number of halogens is 1. The molecule has 3 rings (SSSR count). The van der Waals surface area contributed by atoms with E-state index in [-0.39, 0.29) is 23.1 Å². The Morgan fingerprint density at radius 1 is 1.33 bits per heavy atom. The maximum atomic E-state index is 13.6. The molecule has 0 spiro atoms. The van der Waals surface area contributed by atoms with Crippen LogP contribution >= 0.6 is 0 Å². The van der Waals surface area contributed by atoms with Gasteiger partial charge >= 0.3 is 0 Å². The van der Waals surface area contributed by atoms with Crippen LogP contribution < -0.4 is 5.32 Å². The summed E-state index contributed by atoms with van der Waals surface area (Å²) in [4.78, 5) is 12.3. The summed E-state index contributed by atoms with van der Waals surface area (Å²) < 4.78 is 38.5. The lowest BCUT2D eigenvalue weighted by Gasteiger charge is -2.14.